The molecule has 1 amide bonds. The van der Waals surface area contributed by atoms with E-state index in [1.54, 1.807) is 33.8 Å². The van der Waals surface area contributed by atoms with Gasteiger partial charge >= 0.3 is 17.9 Å². The second kappa shape index (κ2) is 18.8. The first-order chi connectivity index (χ1) is 18.2. The molecule has 9 nitrogen and oxygen atoms in total. The molecule has 9 heteroatoms. The highest BCUT2D eigenvalue weighted by Crippen LogP contribution is 2.36. The summed E-state index contributed by atoms with van der Waals surface area (Å²) < 4.78 is 15.2. The summed E-state index contributed by atoms with van der Waals surface area (Å²) in [4.78, 5) is 49.8. The van der Waals surface area contributed by atoms with Crippen LogP contribution in [0.3, 0.4) is 0 Å². The highest BCUT2D eigenvalue weighted by atomic mass is 16.5. The Morgan fingerprint density at radius 2 is 1.55 bits per heavy atom. The van der Waals surface area contributed by atoms with Gasteiger partial charge in [-0.2, -0.15) is 0 Å². The Morgan fingerprint density at radius 1 is 0.921 bits per heavy atom. The number of nitrogens with one attached hydrogen (secondary N) is 1. The van der Waals surface area contributed by atoms with Crippen LogP contribution < -0.4 is 5.32 Å². The minimum atomic E-state index is -1.13. The molecular weight excluding hydrogens is 490 g/mol. The van der Waals surface area contributed by atoms with Crippen LogP contribution in [0.4, 0.5) is 0 Å². The molecule has 1 aliphatic carbocycles. The zero-order valence-corrected chi connectivity index (χ0v) is 23.8. The highest BCUT2D eigenvalue weighted by Gasteiger charge is 2.37. The second-order valence-corrected chi connectivity index (χ2v) is 10.1. The van der Waals surface area contributed by atoms with E-state index in [2.05, 4.69) is 5.32 Å². The van der Waals surface area contributed by atoms with Gasteiger partial charge in [-0.25, -0.2) is 4.79 Å². The maximum atomic E-state index is 13.2. The topological polar surface area (TPSA) is 128 Å². The van der Waals surface area contributed by atoms with Gasteiger partial charge in [0.2, 0.25) is 5.91 Å². The van der Waals surface area contributed by atoms with Crippen LogP contribution in [0.1, 0.15) is 105 Å². The molecule has 0 aromatic heterocycles. The van der Waals surface area contributed by atoms with Gasteiger partial charge in [0, 0.05) is 6.42 Å². The fraction of sp³-hybridized carbons (Fsp3) is 0.793. The van der Waals surface area contributed by atoms with Crippen molar-refractivity contribution in [1.29, 1.82) is 0 Å². The molecule has 1 saturated carbocycles. The van der Waals surface area contributed by atoms with Crippen LogP contribution in [0.15, 0.2) is 12.2 Å². The molecule has 2 N–H and O–H groups in total. The van der Waals surface area contributed by atoms with Gasteiger partial charge in [-0.15, -0.1) is 0 Å². The summed E-state index contributed by atoms with van der Waals surface area (Å²) >= 11 is 0. The lowest BCUT2D eigenvalue weighted by atomic mass is 9.75. The molecule has 0 saturated heterocycles. The van der Waals surface area contributed by atoms with E-state index in [1.807, 2.05) is 6.08 Å². The van der Waals surface area contributed by atoms with Crippen molar-refractivity contribution in [3.8, 4) is 0 Å². The monoisotopic (exact) mass is 539 g/mol. The van der Waals surface area contributed by atoms with E-state index < -0.39 is 35.4 Å². The molecule has 3 unspecified atom stereocenters. The van der Waals surface area contributed by atoms with E-state index in [1.165, 1.54) is 0 Å². The smallest absolute Gasteiger partial charge is 0.328 e. The van der Waals surface area contributed by atoms with Gasteiger partial charge in [-0.3, -0.25) is 14.4 Å². The third-order valence-electron chi connectivity index (χ3n) is 7.04. The number of amides is 1. The van der Waals surface area contributed by atoms with Crippen molar-refractivity contribution in [3.63, 3.8) is 0 Å². The molecule has 38 heavy (non-hydrogen) atoms. The molecule has 1 fully saturated rings. The number of ether oxygens (including phenoxy) is 3. The van der Waals surface area contributed by atoms with E-state index in [0.29, 0.717) is 25.9 Å². The Hall–Kier alpha value is -2.42. The third kappa shape index (κ3) is 12.9. The van der Waals surface area contributed by atoms with Crippen molar-refractivity contribution in [2.24, 2.45) is 11.8 Å². The second-order valence-electron chi connectivity index (χ2n) is 10.1. The number of carbonyl (C=O) groups excluding carboxylic acids is 4. The standard InChI is InChI=1S/C29H49NO8/c1-5-36-25(31)19-15-10-8-9-14-18-24(28(34)38-7-3)30-26(32)23(27(33)37-6-2)20-21-29(4,35)22-16-12-11-13-17-22/h9,14,22-24,35H,5-8,10-13,15-21H2,1-4H3,(H,30,32). The van der Waals surface area contributed by atoms with Gasteiger partial charge in [0.1, 0.15) is 12.0 Å². The van der Waals surface area contributed by atoms with Crippen LogP contribution in [0, 0.1) is 11.8 Å². The van der Waals surface area contributed by atoms with Crippen LogP contribution in [0.5, 0.6) is 0 Å². The fourth-order valence-corrected chi connectivity index (χ4v) is 4.81. The maximum absolute atomic E-state index is 13.2. The highest BCUT2D eigenvalue weighted by molar-refractivity contribution is 5.99. The molecule has 3 atom stereocenters. The first-order valence-electron chi connectivity index (χ1n) is 14.3. The van der Waals surface area contributed by atoms with Crippen molar-refractivity contribution >= 4 is 23.8 Å². The van der Waals surface area contributed by atoms with Crippen molar-refractivity contribution in [3.05, 3.63) is 12.2 Å². The summed E-state index contributed by atoms with van der Waals surface area (Å²) in [6, 6.07) is -0.950. The maximum Gasteiger partial charge on any atom is 0.328 e. The molecule has 0 aromatic rings. The first kappa shape index (κ1) is 33.6. The zero-order chi connectivity index (χ0) is 28.4. The number of aliphatic hydroxyl groups is 1. The quantitative estimate of drug-likeness (QED) is 0.0863. The Labute approximate surface area is 228 Å². The number of hydrogen-bond acceptors (Lipinski definition) is 8. The Balaban J connectivity index is 2.76. The van der Waals surface area contributed by atoms with E-state index >= 15 is 0 Å². The summed E-state index contributed by atoms with van der Waals surface area (Å²) in [6.45, 7) is 7.57. The van der Waals surface area contributed by atoms with E-state index in [9.17, 15) is 24.3 Å². The van der Waals surface area contributed by atoms with Crippen molar-refractivity contribution < 1.29 is 38.5 Å². The predicted octanol–water partition coefficient (Wildman–Crippen LogP) is 4.39. The van der Waals surface area contributed by atoms with Gasteiger partial charge in [0.05, 0.1) is 25.4 Å². The van der Waals surface area contributed by atoms with Crippen molar-refractivity contribution in [1.82, 2.24) is 5.32 Å². The van der Waals surface area contributed by atoms with Crippen LogP contribution in [-0.4, -0.2) is 60.4 Å². The number of rotatable bonds is 18. The minimum Gasteiger partial charge on any atom is -0.466 e. The SMILES string of the molecule is CCOC(=O)CCCCC=CCC(NC(=O)C(CCC(C)(O)C1CCCCC1)C(=O)OCC)C(=O)OCC. The molecule has 1 aliphatic rings. The number of esters is 3. The van der Waals surface area contributed by atoms with Crippen LogP contribution in [0.2, 0.25) is 0 Å². The average molecular weight is 540 g/mol. The van der Waals surface area contributed by atoms with Crippen molar-refractivity contribution in [2.45, 2.75) is 116 Å². The number of allylic oxidation sites excluding steroid dienone is 1. The number of unbranched alkanes of at least 4 members (excludes halogenated alkanes) is 2. The summed E-state index contributed by atoms with van der Waals surface area (Å²) in [5, 5.41) is 13.8. The minimum absolute atomic E-state index is 0.125. The van der Waals surface area contributed by atoms with Crippen molar-refractivity contribution in [2.75, 3.05) is 19.8 Å². The average Bonchev–Trinajstić information content (AvgIpc) is 2.88. The molecule has 0 bridgehead atoms. The van der Waals surface area contributed by atoms with Crippen LogP contribution >= 0.6 is 0 Å². The lowest BCUT2D eigenvalue weighted by Gasteiger charge is -2.36. The largest absolute Gasteiger partial charge is 0.466 e. The van der Waals surface area contributed by atoms with Gasteiger partial charge in [0.25, 0.3) is 0 Å². The van der Waals surface area contributed by atoms with Gasteiger partial charge in [0.15, 0.2) is 0 Å². The third-order valence-corrected chi connectivity index (χ3v) is 7.04. The van der Waals surface area contributed by atoms with Gasteiger partial charge < -0.3 is 24.6 Å². The summed E-state index contributed by atoms with van der Waals surface area (Å²) in [5.74, 6) is -3.05. The Morgan fingerprint density at radius 3 is 2.18 bits per heavy atom. The molecule has 1 rings (SSSR count). The summed E-state index contributed by atoms with van der Waals surface area (Å²) in [6.07, 6.45) is 12.0. The lowest BCUT2D eigenvalue weighted by molar-refractivity contribution is -0.155. The number of carbonyl (C=O) groups is 4. The molecule has 218 valence electrons. The molecule has 0 radical (unpaired) electrons. The van der Waals surface area contributed by atoms with Crippen LogP contribution in [0.25, 0.3) is 0 Å². The van der Waals surface area contributed by atoms with Crippen LogP contribution in [-0.2, 0) is 33.4 Å². The zero-order valence-electron chi connectivity index (χ0n) is 23.8. The Kier molecular flexibility index (Phi) is 16.6. The Bertz CT molecular complexity index is 758. The lowest BCUT2D eigenvalue weighted by Crippen LogP contribution is -2.47. The van der Waals surface area contributed by atoms with E-state index in [4.69, 9.17) is 14.2 Å². The van der Waals surface area contributed by atoms with E-state index in [-0.39, 0.29) is 44.4 Å². The first-order valence-corrected chi connectivity index (χ1v) is 14.3. The normalized spacial score (nSPS) is 17.3. The van der Waals surface area contributed by atoms with E-state index in [0.717, 1.165) is 38.5 Å². The molecule has 0 aliphatic heterocycles. The summed E-state index contributed by atoms with van der Waals surface area (Å²) in [5.41, 5.74) is -0.984. The predicted molar refractivity (Wildman–Crippen MR) is 144 cm³/mol. The number of hydrogen-bond donors (Lipinski definition) is 2. The summed E-state index contributed by atoms with van der Waals surface area (Å²) in [7, 11) is 0. The van der Waals surface area contributed by atoms with Gasteiger partial charge in [-0.05, 0) is 85.0 Å². The van der Waals surface area contributed by atoms with Gasteiger partial charge in [-0.1, -0.05) is 31.4 Å². The molecule has 0 heterocycles. The molecule has 0 aromatic carbocycles. The molecular formula is C29H49NO8. The molecule has 0 spiro atoms. The fourth-order valence-electron chi connectivity index (χ4n) is 4.81.